The van der Waals surface area contributed by atoms with E-state index >= 15 is 0 Å². The van der Waals surface area contributed by atoms with Gasteiger partial charge in [0.1, 0.15) is 30.3 Å². The Balaban J connectivity index is 1.45. The highest BCUT2D eigenvalue weighted by Crippen LogP contribution is 2.32. The van der Waals surface area contributed by atoms with Crippen LogP contribution >= 0.6 is 0 Å². The lowest BCUT2D eigenvalue weighted by Crippen LogP contribution is -2.42. The van der Waals surface area contributed by atoms with Crippen molar-refractivity contribution in [3.05, 3.63) is 53.9 Å². The molecule has 0 aliphatic heterocycles. The molecule has 0 saturated carbocycles. The number of nitrogens with zero attached hydrogens (tertiary/aromatic N) is 1. The summed E-state index contributed by atoms with van der Waals surface area (Å²) in [6.07, 6.45) is 2.02. The molecular formula is C34H53N3O3. The van der Waals surface area contributed by atoms with Crippen LogP contribution in [0.5, 0.6) is 11.6 Å². The average Bonchev–Trinajstić information content (AvgIpc) is 3.31. The SMILES string of the molecule is CC(C)[C@H](C)c1cc2cc(OCCNC(C)(C)CCC(C)(C)c3cccc(OCCNC(C)(C)C)n3)ccc2o1. The molecule has 40 heavy (non-hydrogen) atoms. The minimum absolute atomic E-state index is 0.0240. The van der Waals surface area contributed by atoms with Gasteiger partial charge in [-0.05, 0) is 83.7 Å². The standard InChI is InChI=1S/C34H53N3O3/c1-24(2)25(3)29-23-26-22-27(14-15-28(26)40-29)38-20-19-36-34(9,10)17-16-33(7,8)30-12-11-13-31(37-30)39-21-18-35-32(4,5)6/h11-15,22-25,35-36H,16-21H2,1-10H3/t25-/m0/s1. The Hall–Kier alpha value is -2.57. The van der Waals surface area contributed by atoms with Crippen LogP contribution in [0.15, 0.2) is 46.9 Å². The number of benzene rings is 1. The van der Waals surface area contributed by atoms with Gasteiger partial charge in [0.05, 0.1) is 5.69 Å². The van der Waals surface area contributed by atoms with Gasteiger partial charge in [0.2, 0.25) is 5.88 Å². The lowest BCUT2D eigenvalue weighted by Gasteiger charge is -2.32. The zero-order valence-corrected chi connectivity index (χ0v) is 26.6. The molecule has 0 radical (unpaired) electrons. The topological polar surface area (TPSA) is 68.5 Å². The van der Waals surface area contributed by atoms with Crippen LogP contribution in [-0.4, -0.2) is 42.4 Å². The van der Waals surface area contributed by atoms with Gasteiger partial charge in [0, 0.05) is 47.0 Å². The van der Waals surface area contributed by atoms with Crippen LogP contribution < -0.4 is 20.1 Å². The first kappa shape index (κ1) is 32.0. The van der Waals surface area contributed by atoms with Crippen molar-refractivity contribution in [1.29, 1.82) is 0 Å². The number of hydrogen-bond donors (Lipinski definition) is 2. The van der Waals surface area contributed by atoms with Crippen LogP contribution in [0, 0.1) is 5.92 Å². The van der Waals surface area contributed by atoms with E-state index in [1.807, 2.05) is 24.3 Å². The number of hydrogen-bond acceptors (Lipinski definition) is 6. The molecule has 0 unspecified atom stereocenters. The molecule has 1 atom stereocenters. The van der Waals surface area contributed by atoms with Crippen molar-refractivity contribution in [1.82, 2.24) is 15.6 Å². The minimum Gasteiger partial charge on any atom is -0.492 e. The number of rotatable bonds is 15. The minimum atomic E-state index is -0.0651. The van der Waals surface area contributed by atoms with Gasteiger partial charge >= 0.3 is 0 Å². The molecule has 0 amide bonds. The highest BCUT2D eigenvalue weighted by atomic mass is 16.5. The third kappa shape index (κ3) is 9.81. The number of aromatic nitrogens is 1. The maximum absolute atomic E-state index is 6.08. The fourth-order valence-electron chi connectivity index (χ4n) is 4.54. The Bertz CT molecular complexity index is 1210. The first-order valence-electron chi connectivity index (χ1n) is 14.9. The van der Waals surface area contributed by atoms with E-state index in [1.165, 1.54) is 0 Å². The fraction of sp³-hybridized carbons (Fsp3) is 0.618. The molecule has 0 bridgehead atoms. The summed E-state index contributed by atoms with van der Waals surface area (Å²) in [7, 11) is 0. The zero-order valence-electron chi connectivity index (χ0n) is 26.6. The lowest BCUT2D eigenvalue weighted by atomic mass is 9.80. The van der Waals surface area contributed by atoms with Crippen molar-refractivity contribution in [3.63, 3.8) is 0 Å². The summed E-state index contributed by atoms with van der Waals surface area (Å²) < 4.78 is 18.1. The maximum atomic E-state index is 6.08. The second-order valence-corrected chi connectivity index (χ2v) is 13.8. The van der Waals surface area contributed by atoms with Crippen LogP contribution in [-0.2, 0) is 5.41 Å². The van der Waals surface area contributed by atoms with Gasteiger partial charge in [-0.1, -0.05) is 40.7 Å². The van der Waals surface area contributed by atoms with E-state index in [0.29, 0.717) is 30.9 Å². The molecule has 2 heterocycles. The Morgan fingerprint density at radius 1 is 0.825 bits per heavy atom. The third-order valence-corrected chi connectivity index (χ3v) is 7.73. The summed E-state index contributed by atoms with van der Waals surface area (Å²) in [6.45, 7) is 24.9. The molecule has 0 aliphatic carbocycles. The second kappa shape index (κ2) is 13.4. The van der Waals surface area contributed by atoms with Gasteiger partial charge in [0.15, 0.2) is 0 Å². The van der Waals surface area contributed by atoms with E-state index in [4.69, 9.17) is 18.9 Å². The van der Waals surface area contributed by atoms with E-state index in [1.54, 1.807) is 0 Å². The van der Waals surface area contributed by atoms with Gasteiger partial charge in [0.25, 0.3) is 0 Å². The molecule has 0 spiro atoms. The molecule has 0 saturated heterocycles. The number of ether oxygens (including phenoxy) is 2. The molecular weight excluding hydrogens is 498 g/mol. The molecule has 3 rings (SSSR count). The molecule has 222 valence electrons. The van der Waals surface area contributed by atoms with Gasteiger partial charge in [-0.25, -0.2) is 4.98 Å². The quantitative estimate of drug-likeness (QED) is 0.187. The third-order valence-electron chi connectivity index (χ3n) is 7.73. The van der Waals surface area contributed by atoms with E-state index in [-0.39, 0.29) is 16.5 Å². The Morgan fingerprint density at radius 2 is 1.52 bits per heavy atom. The molecule has 0 fully saturated rings. The van der Waals surface area contributed by atoms with Crippen molar-refractivity contribution in [2.45, 2.75) is 104 Å². The van der Waals surface area contributed by atoms with Crippen LogP contribution in [0.2, 0.25) is 0 Å². The van der Waals surface area contributed by atoms with Crippen LogP contribution in [0.4, 0.5) is 0 Å². The van der Waals surface area contributed by atoms with Gasteiger partial charge in [-0.15, -0.1) is 0 Å². The monoisotopic (exact) mass is 551 g/mol. The van der Waals surface area contributed by atoms with Gasteiger partial charge in [-0.2, -0.15) is 0 Å². The van der Waals surface area contributed by atoms with Crippen molar-refractivity contribution in [2.24, 2.45) is 5.92 Å². The normalized spacial score (nSPS) is 13.7. The summed E-state index contributed by atoms with van der Waals surface area (Å²) in [5.74, 6) is 3.53. The molecule has 2 aromatic heterocycles. The Labute approximate surface area is 242 Å². The number of fused-ring (bicyclic) bond motifs is 1. The Kier molecular flexibility index (Phi) is 10.7. The predicted octanol–water partition coefficient (Wildman–Crippen LogP) is 7.86. The van der Waals surface area contributed by atoms with Crippen LogP contribution in [0.1, 0.15) is 99.5 Å². The summed E-state index contributed by atoms with van der Waals surface area (Å²) >= 11 is 0. The molecule has 3 aromatic rings. The van der Waals surface area contributed by atoms with Gasteiger partial charge < -0.3 is 24.5 Å². The highest BCUT2D eigenvalue weighted by Gasteiger charge is 2.27. The average molecular weight is 552 g/mol. The second-order valence-electron chi connectivity index (χ2n) is 13.8. The summed E-state index contributed by atoms with van der Waals surface area (Å²) in [5, 5.41) is 8.23. The number of nitrogens with one attached hydrogen (secondary N) is 2. The largest absolute Gasteiger partial charge is 0.492 e. The van der Waals surface area contributed by atoms with E-state index < -0.39 is 0 Å². The number of pyridine rings is 1. The summed E-state index contributed by atoms with van der Waals surface area (Å²) in [4.78, 5) is 4.83. The van der Waals surface area contributed by atoms with Crippen molar-refractivity contribution >= 4 is 11.0 Å². The smallest absolute Gasteiger partial charge is 0.213 e. The van der Waals surface area contributed by atoms with Crippen molar-refractivity contribution in [2.75, 3.05) is 26.3 Å². The zero-order chi connectivity index (χ0) is 29.6. The molecule has 6 nitrogen and oxygen atoms in total. The van der Waals surface area contributed by atoms with E-state index in [2.05, 4.69) is 98.1 Å². The van der Waals surface area contributed by atoms with Crippen molar-refractivity contribution in [3.8, 4) is 11.6 Å². The van der Waals surface area contributed by atoms with Crippen molar-refractivity contribution < 1.29 is 13.9 Å². The Morgan fingerprint density at radius 3 is 2.23 bits per heavy atom. The van der Waals surface area contributed by atoms with Gasteiger partial charge in [-0.3, -0.25) is 0 Å². The predicted molar refractivity (Wildman–Crippen MR) is 167 cm³/mol. The molecule has 1 aromatic carbocycles. The molecule has 2 N–H and O–H groups in total. The van der Waals surface area contributed by atoms with Crippen LogP contribution in [0.25, 0.3) is 11.0 Å². The fourth-order valence-corrected chi connectivity index (χ4v) is 4.54. The number of furan rings is 1. The molecule has 0 aliphatic rings. The van der Waals surface area contributed by atoms with E-state index in [9.17, 15) is 0 Å². The van der Waals surface area contributed by atoms with E-state index in [0.717, 1.165) is 54.1 Å². The summed E-state index contributed by atoms with van der Waals surface area (Å²) in [5.41, 5.74) is 1.97. The molecule has 6 heteroatoms. The first-order valence-corrected chi connectivity index (χ1v) is 14.9. The maximum Gasteiger partial charge on any atom is 0.213 e. The first-order chi connectivity index (χ1) is 18.7. The van der Waals surface area contributed by atoms with Crippen LogP contribution in [0.3, 0.4) is 0 Å². The highest BCUT2D eigenvalue weighted by molar-refractivity contribution is 5.79. The lowest BCUT2D eigenvalue weighted by molar-refractivity contribution is 0.261. The summed E-state index contributed by atoms with van der Waals surface area (Å²) in [6, 6.07) is 14.3.